The third-order valence-corrected chi connectivity index (χ3v) is 18.3. The molecule has 19 heteroatoms. The number of unbranched alkanes of at least 4 members (excludes halogenated alkanes) is 36. The van der Waals surface area contributed by atoms with Gasteiger partial charge in [0.05, 0.1) is 38.6 Å². The standard InChI is InChI=1S/C70H131NO18/c1-3-5-7-9-11-13-15-17-19-21-23-24-25-26-27-28-29-30-31-33-35-37-39-41-43-45-47-54(75)53(71-58(76)48-46-44-42-40-38-36-34-32-22-20-18-16-14-12-10-8-6-4-2)52-84-68-64(82)61(79)66(56(50-73)86-68)89-70-65(83)62(80)67(57(51-74)87-70)88-69-63(81)60(78)59(77)55(49-72)85-69/h14,16,20,22,53-57,59-70,72-75,77-83H,3-13,15,17-19,21,23-52H2,1-2H3,(H,71,76)/b16-14-,22-20-. The normalized spacial score (nSPS) is 28.3. The van der Waals surface area contributed by atoms with E-state index in [0.717, 1.165) is 70.6 Å². The van der Waals surface area contributed by atoms with Crippen molar-refractivity contribution in [1.29, 1.82) is 0 Å². The molecule has 0 saturated carbocycles. The smallest absolute Gasteiger partial charge is 0.220 e. The van der Waals surface area contributed by atoms with Crippen LogP contribution in [-0.4, -0.2) is 193 Å². The molecule has 3 heterocycles. The molecule has 3 aliphatic rings. The Morgan fingerprint density at radius 2 is 0.742 bits per heavy atom. The lowest BCUT2D eigenvalue weighted by Gasteiger charge is -2.48. The van der Waals surface area contributed by atoms with E-state index in [9.17, 15) is 61.0 Å². The fraction of sp³-hybridized carbons (Fsp3) is 0.929. The van der Waals surface area contributed by atoms with Gasteiger partial charge in [-0.2, -0.15) is 0 Å². The summed E-state index contributed by atoms with van der Waals surface area (Å²) in [4.78, 5) is 13.4. The van der Waals surface area contributed by atoms with E-state index in [0.29, 0.717) is 12.8 Å². The number of rotatable bonds is 56. The number of ether oxygens (including phenoxy) is 6. The highest BCUT2D eigenvalue weighted by Gasteiger charge is 2.53. The molecule has 0 spiro atoms. The van der Waals surface area contributed by atoms with E-state index < -0.39 is 124 Å². The summed E-state index contributed by atoms with van der Waals surface area (Å²) in [5.74, 6) is -0.247. The second-order valence-electron chi connectivity index (χ2n) is 26.1. The fourth-order valence-electron chi connectivity index (χ4n) is 12.4. The van der Waals surface area contributed by atoms with Crippen molar-refractivity contribution in [3.8, 4) is 0 Å². The minimum Gasteiger partial charge on any atom is -0.394 e. The molecule has 0 aromatic carbocycles. The van der Waals surface area contributed by atoms with Crippen LogP contribution in [0.5, 0.6) is 0 Å². The highest BCUT2D eigenvalue weighted by atomic mass is 16.8. The van der Waals surface area contributed by atoms with E-state index in [4.69, 9.17) is 28.4 Å². The van der Waals surface area contributed by atoms with Crippen LogP contribution >= 0.6 is 0 Å². The van der Waals surface area contributed by atoms with Gasteiger partial charge in [-0.1, -0.05) is 256 Å². The molecule has 17 atom stereocenters. The van der Waals surface area contributed by atoms with Crippen LogP contribution < -0.4 is 5.32 Å². The second-order valence-corrected chi connectivity index (χ2v) is 26.1. The van der Waals surface area contributed by atoms with Gasteiger partial charge in [-0.15, -0.1) is 0 Å². The van der Waals surface area contributed by atoms with Crippen molar-refractivity contribution in [2.75, 3.05) is 26.4 Å². The molecule has 0 aromatic rings. The number of carbonyl (C=O) groups is 1. The third kappa shape index (κ3) is 34.5. The zero-order chi connectivity index (χ0) is 64.7. The Labute approximate surface area is 537 Å². The molecule has 3 saturated heterocycles. The quantitative estimate of drug-likeness (QED) is 0.0199. The SMILES string of the molecule is CCCCCC/C=C\C/C=C\CCCCCCCCCC(=O)NC(COC1OC(CO)C(OC2OC(CO)C(OC3OC(CO)C(O)C(O)C3O)C(O)C2O)C(O)C1O)C(O)CCCCCCCCCCCCCCCCCCCCCCCCCCCC. The fourth-order valence-corrected chi connectivity index (χ4v) is 12.4. The summed E-state index contributed by atoms with van der Waals surface area (Å²) in [6.45, 7) is 1.81. The number of amides is 1. The van der Waals surface area contributed by atoms with Gasteiger partial charge in [-0.3, -0.25) is 4.79 Å². The lowest BCUT2D eigenvalue weighted by atomic mass is 9.96. The number of hydrogen-bond donors (Lipinski definition) is 12. The summed E-state index contributed by atoms with van der Waals surface area (Å²) in [5, 5.41) is 121. The molecule has 3 fully saturated rings. The maximum absolute atomic E-state index is 13.4. The molecular formula is C70H131NO18. The molecule has 1 amide bonds. The first kappa shape index (κ1) is 81.5. The first-order valence-electron chi connectivity index (χ1n) is 36.1. The summed E-state index contributed by atoms with van der Waals surface area (Å²) in [7, 11) is 0. The summed E-state index contributed by atoms with van der Waals surface area (Å²) >= 11 is 0. The van der Waals surface area contributed by atoms with E-state index in [1.54, 1.807) is 0 Å². The van der Waals surface area contributed by atoms with Crippen molar-refractivity contribution >= 4 is 5.91 Å². The van der Waals surface area contributed by atoms with Crippen molar-refractivity contribution < 1.29 is 89.4 Å². The first-order chi connectivity index (χ1) is 43.3. The molecule has 19 nitrogen and oxygen atoms in total. The topological polar surface area (TPSA) is 307 Å². The number of nitrogens with one attached hydrogen (secondary N) is 1. The molecule has 12 N–H and O–H groups in total. The van der Waals surface area contributed by atoms with E-state index in [1.165, 1.54) is 180 Å². The highest BCUT2D eigenvalue weighted by molar-refractivity contribution is 5.76. The Morgan fingerprint density at radius 3 is 1.16 bits per heavy atom. The van der Waals surface area contributed by atoms with Crippen molar-refractivity contribution in [3.05, 3.63) is 24.3 Å². The monoisotopic (exact) mass is 1270 g/mol. The third-order valence-electron chi connectivity index (χ3n) is 18.3. The van der Waals surface area contributed by atoms with Gasteiger partial charge in [0.25, 0.3) is 0 Å². The van der Waals surface area contributed by atoms with Crippen molar-refractivity contribution in [2.24, 2.45) is 0 Å². The molecule has 0 aliphatic carbocycles. The van der Waals surface area contributed by atoms with Crippen LogP contribution in [0.3, 0.4) is 0 Å². The summed E-state index contributed by atoms with van der Waals surface area (Å²) < 4.78 is 34.4. The van der Waals surface area contributed by atoms with Gasteiger partial charge in [0.1, 0.15) is 73.2 Å². The Balaban J connectivity index is 1.41. The van der Waals surface area contributed by atoms with Crippen LogP contribution in [0.1, 0.15) is 284 Å². The summed E-state index contributed by atoms with van der Waals surface area (Å²) in [6, 6.07) is -0.891. The number of aliphatic hydroxyl groups excluding tert-OH is 11. The van der Waals surface area contributed by atoms with Crippen molar-refractivity contribution in [2.45, 2.75) is 388 Å². The summed E-state index contributed by atoms with van der Waals surface area (Å²) in [5.41, 5.74) is 0. The maximum Gasteiger partial charge on any atom is 0.220 e. The molecule has 0 bridgehead atoms. The molecule has 89 heavy (non-hydrogen) atoms. The number of hydrogen-bond acceptors (Lipinski definition) is 18. The molecule has 3 aliphatic heterocycles. The average Bonchev–Trinajstić information content (AvgIpc) is 2.47. The largest absolute Gasteiger partial charge is 0.394 e. The Hall–Kier alpha value is -1.73. The van der Waals surface area contributed by atoms with E-state index in [2.05, 4.69) is 43.5 Å². The Morgan fingerprint density at radius 1 is 0.404 bits per heavy atom. The zero-order valence-electron chi connectivity index (χ0n) is 55.4. The molecule has 3 rings (SSSR count). The van der Waals surface area contributed by atoms with Crippen LogP contribution in [0.2, 0.25) is 0 Å². The van der Waals surface area contributed by atoms with Crippen LogP contribution in [0, 0.1) is 0 Å². The molecule has 17 unspecified atom stereocenters. The minimum absolute atomic E-state index is 0.247. The van der Waals surface area contributed by atoms with Crippen molar-refractivity contribution in [3.63, 3.8) is 0 Å². The van der Waals surface area contributed by atoms with E-state index in [-0.39, 0.29) is 18.9 Å². The maximum atomic E-state index is 13.4. The Bertz CT molecular complexity index is 1710. The highest BCUT2D eigenvalue weighted by Crippen LogP contribution is 2.33. The molecule has 0 radical (unpaired) electrons. The second kappa shape index (κ2) is 52.5. The van der Waals surface area contributed by atoms with Gasteiger partial charge < -0.3 is 89.9 Å². The van der Waals surface area contributed by atoms with Gasteiger partial charge in [-0.05, 0) is 44.9 Å². The van der Waals surface area contributed by atoms with Gasteiger partial charge >= 0.3 is 0 Å². The van der Waals surface area contributed by atoms with Gasteiger partial charge in [0.15, 0.2) is 18.9 Å². The van der Waals surface area contributed by atoms with Gasteiger partial charge in [-0.25, -0.2) is 0 Å². The lowest BCUT2D eigenvalue weighted by Crippen LogP contribution is -2.66. The van der Waals surface area contributed by atoms with Gasteiger partial charge in [0, 0.05) is 6.42 Å². The number of allylic oxidation sites excluding steroid dienone is 4. The van der Waals surface area contributed by atoms with Crippen LogP contribution in [0.25, 0.3) is 0 Å². The average molecular weight is 1270 g/mol. The Kier molecular flexibility index (Phi) is 48.1. The van der Waals surface area contributed by atoms with Crippen molar-refractivity contribution in [1.82, 2.24) is 5.32 Å². The number of aliphatic hydroxyl groups is 11. The van der Waals surface area contributed by atoms with Gasteiger partial charge in [0.2, 0.25) is 5.91 Å². The summed E-state index contributed by atoms with van der Waals surface area (Å²) in [6.07, 6.45) is 32.5. The van der Waals surface area contributed by atoms with Crippen LogP contribution in [0.15, 0.2) is 24.3 Å². The van der Waals surface area contributed by atoms with Crippen LogP contribution in [0.4, 0.5) is 0 Å². The number of carbonyl (C=O) groups excluding carboxylic acids is 1. The molecule has 0 aromatic heterocycles. The minimum atomic E-state index is -1.97. The molecular weight excluding hydrogens is 1140 g/mol. The van der Waals surface area contributed by atoms with E-state index in [1.807, 2.05) is 0 Å². The lowest BCUT2D eigenvalue weighted by molar-refractivity contribution is -0.379. The van der Waals surface area contributed by atoms with Crippen LogP contribution in [-0.2, 0) is 33.2 Å². The predicted molar refractivity (Wildman–Crippen MR) is 346 cm³/mol. The predicted octanol–water partition coefficient (Wildman–Crippen LogP) is 9.83. The first-order valence-corrected chi connectivity index (χ1v) is 36.1. The molecule has 524 valence electrons. The van der Waals surface area contributed by atoms with E-state index >= 15 is 0 Å². The zero-order valence-corrected chi connectivity index (χ0v) is 55.4.